The number of rotatable bonds is 11. The first-order chi connectivity index (χ1) is 12.0. The molecule has 0 aromatic heterocycles. The number of hydrogen-bond acceptors (Lipinski definition) is 6. The molecule has 2 amide bonds. The SMILES string of the molecule is CCC(CCO)NC(=O)C(C)(C)N=NC(C)(C)C(=O)N(CC)C(O)CC. The lowest BCUT2D eigenvalue weighted by Crippen LogP contribution is -2.49. The summed E-state index contributed by atoms with van der Waals surface area (Å²) in [4.78, 5) is 26.5. The van der Waals surface area contributed by atoms with Crippen molar-refractivity contribution in [1.82, 2.24) is 10.2 Å². The summed E-state index contributed by atoms with van der Waals surface area (Å²) >= 11 is 0. The Bertz CT molecular complexity index is 492. The topological polar surface area (TPSA) is 115 Å². The van der Waals surface area contributed by atoms with Crippen molar-refractivity contribution >= 4 is 11.8 Å². The molecule has 0 aliphatic carbocycles. The van der Waals surface area contributed by atoms with E-state index in [-0.39, 0.29) is 24.5 Å². The van der Waals surface area contributed by atoms with Crippen molar-refractivity contribution in [2.75, 3.05) is 13.2 Å². The zero-order valence-corrected chi connectivity index (χ0v) is 17.2. The smallest absolute Gasteiger partial charge is 0.253 e. The second-order valence-corrected chi connectivity index (χ2v) is 7.39. The molecule has 8 heteroatoms. The van der Waals surface area contributed by atoms with Crippen molar-refractivity contribution in [3.63, 3.8) is 0 Å². The number of aliphatic hydroxyl groups excluding tert-OH is 2. The Hall–Kier alpha value is -1.54. The van der Waals surface area contributed by atoms with Gasteiger partial charge in [-0.1, -0.05) is 13.8 Å². The highest BCUT2D eigenvalue weighted by molar-refractivity contribution is 5.87. The van der Waals surface area contributed by atoms with Gasteiger partial charge in [0.2, 0.25) is 5.91 Å². The zero-order chi connectivity index (χ0) is 20.5. The Morgan fingerprint density at radius 3 is 2.00 bits per heavy atom. The Balaban J connectivity index is 5.22. The van der Waals surface area contributed by atoms with Crippen molar-refractivity contribution in [2.45, 2.75) is 91.1 Å². The molecule has 0 fully saturated rings. The Morgan fingerprint density at radius 1 is 1.04 bits per heavy atom. The van der Waals surface area contributed by atoms with Crippen LogP contribution in [0.4, 0.5) is 0 Å². The van der Waals surface area contributed by atoms with Gasteiger partial charge >= 0.3 is 0 Å². The molecular weight excluding hydrogens is 336 g/mol. The van der Waals surface area contributed by atoms with Crippen LogP contribution >= 0.6 is 0 Å². The molecule has 0 rings (SSSR count). The lowest BCUT2D eigenvalue weighted by atomic mass is 10.0. The van der Waals surface area contributed by atoms with Crippen LogP contribution in [0.5, 0.6) is 0 Å². The van der Waals surface area contributed by atoms with Crippen LogP contribution < -0.4 is 5.32 Å². The average molecular weight is 373 g/mol. The maximum absolute atomic E-state index is 12.7. The van der Waals surface area contributed by atoms with E-state index >= 15 is 0 Å². The predicted molar refractivity (Wildman–Crippen MR) is 101 cm³/mol. The molecule has 0 aliphatic heterocycles. The van der Waals surface area contributed by atoms with E-state index in [9.17, 15) is 14.7 Å². The van der Waals surface area contributed by atoms with E-state index in [1.54, 1.807) is 41.5 Å². The van der Waals surface area contributed by atoms with Crippen LogP contribution in [-0.2, 0) is 9.59 Å². The van der Waals surface area contributed by atoms with Gasteiger partial charge < -0.3 is 20.4 Å². The molecule has 0 saturated heterocycles. The minimum absolute atomic E-state index is 0.00509. The van der Waals surface area contributed by atoms with E-state index in [1.807, 2.05) is 6.92 Å². The molecule has 3 N–H and O–H groups in total. The number of hydrogen-bond donors (Lipinski definition) is 3. The number of likely N-dealkylation sites (N-methyl/N-ethyl adjacent to an activating group) is 1. The summed E-state index contributed by atoms with van der Waals surface area (Å²) in [7, 11) is 0. The molecular formula is C18H36N4O4. The fraction of sp³-hybridized carbons (Fsp3) is 0.889. The quantitative estimate of drug-likeness (QED) is 0.379. The third-order valence-electron chi connectivity index (χ3n) is 4.26. The van der Waals surface area contributed by atoms with E-state index in [2.05, 4.69) is 15.5 Å². The predicted octanol–water partition coefficient (Wildman–Crippen LogP) is 1.85. The first-order valence-corrected chi connectivity index (χ1v) is 9.31. The minimum Gasteiger partial charge on any atom is -0.396 e. The van der Waals surface area contributed by atoms with Crippen molar-refractivity contribution in [3.8, 4) is 0 Å². The normalized spacial score (nSPS) is 15.0. The number of aliphatic hydroxyl groups is 2. The number of carbonyl (C=O) groups excluding carboxylic acids is 2. The standard InChI is InChI=1S/C18H36N4O4/c1-8-13(11-12-23)19-15(25)17(4,5)20-21-18(6,7)16(26)22(10-3)14(24)9-2/h13-14,23-24H,8-12H2,1-7H3,(H,19,25). The third kappa shape index (κ3) is 6.99. The second-order valence-electron chi connectivity index (χ2n) is 7.39. The van der Waals surface area contributed by atoms with Crippen molar-refractivity contribution in [1.29, 1.82) is 0 Å². The monoisotopic (exact) mass is 372 g/mol. The summed E-state index contributed by atoms with van der Waals surface area (Å²) < 4.78 is 0. The molecule has 0 bridgehead atoms. The first-order valence-electron chi connectivity index (χ1n) is 9.31. The zero-order valence-electron chi connectivity index (χ0n) is 17.2. The van der Waals surface area contributed by atoms with E-state index in [0.717, 1.165) is 0 Å². The molecule has 8 nitrogen and oxygen atoms in total. The summed E-state index contributed by atoms with van der Waals surface area (Å²) in [5.74, 6) is -0.660. The van der Waals surface area contributed by atoms with Gasteiger partial charge in [-0.25, -0.2) is 0 Å². The van der Waals surface area contributed by atoms with Crippen LogP contribution in [-0.4, -0.2) is 63.4 Å². The molecule has 26 heavy (non-hydrogen) atoms. The van der Waals surface area contributed by atoms with E-state index < -0.39 is 17.3 Å². The van der Waals surface area contributed by atoms with Gasteiger partial charge in [0.25, 0.3) is 5.91 Å². The van der Waals surface area contributed by atoms with Crippen LogP contribution in [0.25, 0.3) is 0 Å². The summed E-state index contributed by atoms with van der Waals surface area (Å²) in [6, 6.07) is -0.132. The highest BCUT2D eigenvalue weighted by Gasteiger charge is 2.36. The highest BCUT2D eigenvalue weighted by Crippen LogP contribution is 2.20. The van der Waals surface area contributed by atoms with E-state index in [1.165, 1.54) is 4.90 Å². The Kier molecular flexibility index (Phi) is 9.94. The lowest BCUT2D eigenvalue weighted by Gasteiger charge is -2.32. The first kappa shape index (κ1) is 24.5. The van der Waals surface area contributed by atoms with E-state index in [4.69, 9.17) is 5.11 Å². The Morgan fingerprint density at radius 2 is 1.58 bits per heavy atom. The van der Waals surface area contributed by atoms with Crippen molar-refractivity contribution in [3.05, 3.63) is 0 Å². The second kappa shape index (κ2) is 10.6. The molecule has 0 spiro atoms. The van der Waals surface area contributed by atoms with Crippen LogP contribution in [0.15, 0.2) is 10.2 Å². The number of nitrogens with one attached hydrogen (secondary N) is 1. The van der Waals surface area contributed by atoms with Gasteiger partial charge in [0.1, 0.15) is 6.23 Å². The van der Waals surface area contributed by atoms with Gasteiger partial charge in [-0.2, -0.15) is 10.2 Å². The number of azo groups is 1. The molecule has 0 aromatic rings. The van der Waals surface area contributed by atoms with Gasteiger partial charge in [-0.05, 0) is 53.9 Å². The van der Waals surface area contributed by atoms with Crippen LogP contribution in [0.2, 0.25) is 0 Å². The maximum atomic E-state index is 12.7. The molecule has 0 saturated carbocycles. The van der Waals surface area contributed by atoms with Crippen LogP contribution in [0, 0.1) is 0 Å². The average Bonchev–Trinajstić information content (AvgIpc) is 2.59. The van der Waals surface area contributed by atoms with E-state index in [0.29, 0.717) is 25.8 Å². The molecule has 0 aromatic carbocycles. The number of carbonyl (C=O) groups is 2. The van der Waals surface area contributed by atoms with Crippen LogP contribution in [0.3, 0.4) is 0 Å². The van der Waals surface area contributed by atoms with Crippen LogP contribution in [0.1, 0.15) is 67.7 Å². The van der Waals surface area contributed by atoms with Gasteiger partial charge in [0.05, 0.1) is 0 Å². The van der Waals surface area contributed by atoms with Crippen molar-refractivity contribution in [2.24, 2.45) is 10.2 Å². The fourth-order valence-electron chi connectivity index (χ4n) is 2.30. The molecule has 2 atom stereocenters. The van der Waals surface area contributed by atoms with Gasteiger partial charge in [0.15, 0.2) is 11.1 Å². The molecule has 0 radical (unpaired) electrons. The lowest BCUT2D eigenvalue weighted by molar-refractivity contribution is -0.146. The minimum atomic E-state index is -1.20. The molecule has 0 aliphatic rings. The number of nitrogens with zero attached hydrogens (tertiary/aromatic N) is 3. The molecule has 152 valence electrons. The van der Waals surface area contributed by atoms with Gasteiger partial charge in [-0.15, -0.1) is 0 Å². The van der Waals surface area contributed by atoms with Gasteiger partial charge in [0, 0.05) is 19.2 Å². The van der Waals surface area contributed by atoms with Gasteiger partial charge in [-0.3, -0.25) is 9.59 Å². The Labute approximate surface area is 157 Å². The summed E-state index contributed by atoms with van der Waals surface area (Å²) in [5, 5.41) is 30.1. The fourth-order valence-corrected chi connectivity index (χ4v) is 2.30. The summed E-state index contributed by atoms with van der Waals surface area (Å²) in [6.07, 6.45) is 0.718. The maximum Gasteiger partial charge on any atom is 0.253 e. The van der Waals surface area contributed by atoms with Crippen molar-refractivity contribution < 1.29 is 19.8 Å². The third-order valence-corrected chi connectivity index (χ3v) is 4.26. The number of amides is 2. The summed E-state index contributed by atoms with van der Waals surface area (Å²) in [6.45, 7) is 12.3. The largest absolute Gasteiger partial charge is 0.396 e. The molecule has 0 heterocycles. The molecule has 2 unspecified atom stereocenters. The summed E-state index contributed by atoms with van der Waals surface area (Å²) in [5.41, 5.74) is -2.35. The highest BCUT2D eigenvalue weighted by atomic mass is 16.3.